The Kier molecular flexibility index (Phi) is 6.57. The van der Waals surface area contributed by atoms with E-state index in [1.165, 1.54) is 36.4 Å². The summed E-state index contributed by atoms with van der Waals surface area (Å²) in [4.78, 5) is 2.02. The average molecular weight is 492 g/mol. The van der Waals surface area contributed by atoms with Crippen molar-refractivity contribution < 1.29 is 26.0 Å². The Labute approximate surface area is 197 Å². The summed E-state index contributed by atoms with van der Waals surface area (Å²) in [5.74, 6) is -2.21. The molecule has 0 bridgehead atoms. The Bertz CT molecular complexity index is 1230. The molecule has 3 aromatic rings. The molecule has 4 rings (SSSR count). The van der Waals surface area contributed by atoms with Crippen LogP contribution in [0.2, 0.25) is 0 Å². The van der Waals surface area contributed by atoms with Crippen molar-refractivity contribution >= 4 is 9.84 Å². The summed E-state index contributed by atoms with van der Waals surface area (Å²) in [5, 5.41) is 0. The number of hydrogen-bond donors (Lipinski definition) is 0. The predicted molar refractivity (Wildman–Crippen MR) is 123 cm³/mol. The third kappa shape index (κ3) is 4.61. The number of likely N-dealkylation sites (tertiary alicyclic amines) is 1. The topological polar surface area (TPSA) is 37.4 Å². The summed E-state index contributed by atoms with van der Waals surface area (Å²) >= 11 is 0. The zero-order valence-corrected chi connectivity index (χ0v) is 19.4. The van der Waals surface area contributed by atoms with Gasteiger partial charge >= 0.3 is 6.18 Å². The number of benzene rings is 3. The molecule has 1 aliphatic rings. The van der Waals surface area contributed by atoms with E-state index in [1.54, 1.807) is 0 Å². The molecule has 0 amide bonds. The lowest BCUT2D eigenvalue weighted by molar-refractivity contribution is -0.146. The Hall–Kier alpha value is -2.71. The molecule has 0 spiro atoms. The van der Waals surface area contributed by atoms with Crippen molar-refractivity contribution in [2.24, 2.45) is 0 Å². The summed E-state index contributed by atoms with van der Waals surface area (Å²) in [7, 11) is -3.99. The average Bonchev–Trinajstić information content (AvgIpc) is 3.24. The number of halogens is 4. The number of nitrogens with zero attached hydrogens (tertiary/aromatic N) is 1. The maximum Gasteiger partial charge on any atom is 0.395 e. The molecule has 2 unspecified atom stereocenters. The number of alkyl halides is 3. The van der Waals surface area contributed by atoms with Gasteiger partial charge in [0.05, 0.1) is 10.8 Å². The molecule has 1 fully saturated rings. The van der Waals surface area contributed by atoms with Gasteiger partial charge in [-0.25, -0.2) is 12.8 Å². The summed E-state index contributed by atoms with van der Waals surface area (Å²) in [5.41, 5.74) is 1.54. The number of rotatable bonds is 6. The van der Waals surface area contributed by atoms with E-state index in [-0.39, 0.29) is 23.4 Å². The minimum Gasteiger partial charge on any atom is -0.297 e. The van der Waals surface area contributed by atoms with E-state index in [2.05, 4.69) is 0 Å². The highest BCUT2D eigenvalue weighted by Gasteiger charge is 2.51. The molecular formula is C26H25F4NO2S. The maximum atomic E-state index is 13.9. The molecular weight excluding hydrogens is 466 g/mol. The summed E-state index contributed by atoms with van der Waals surface area (Å²) in [6, 6.07) is 20.0. The van der Waals surface area contributed by atoms with E-state index in [1.807, 2.05) is 35.2 Å². The highest BCUT2D eigenvalue weighted by Crippen LogP contribution is 2.44. The molecule has 3 aromatic carbocycles. The van der Waals surface area contributed by atoms with Gasteiger partial charge in [0.25, 0.3) is 0 Å². The van der Waals surface area contributed by atoms with Crippen LogP contribution >= 0.6 is 0 Å². The number of hydrogen-bond acceptors (Lipinski definition) is 3. The van der Waals surface area contributed by atoms with Gasteiger partial charge in [-0.1, -0.05) is 54.6 Å². The highest BCUT2D eigenvalue weighted by atomic mass is 32.2. The quantitative estimate of drug-likeness (QED) is 0.310. The SMILES string of the molecule is CC(c1ccc(C2(S(=O)(=O)c3ccc(F)cc3)CCN(Cc3ccccc3)C2)cc1)C(F)(F)F. The first kappa shape index (κ1) is 24.4. The molecule has 0 saturated carbocycles. The molecule has 0 N–H and O–H groups in total. The van der Waals surface area contributed by atoms with Gasteiger partial charge in [-0.05, 0) is 54.3 Å². The monoisotopic (exact) mass is 491 g/mol. The van der Waals surface area contributed by atoms with Crippen molar-refractivity contribution in [3.63, 3.8) is 0 Å². The second kappa shape index (κ2) is 9.15. The summed E-state index contributed by atoms with van der Waals surface area (Å²) < 4.78 is 79.5. The molecule has 0 aromatic heterocycles. The van der Waals surface area contributed by atoms with Gasteiger partial charge in [-0.15, -0.1) is 0 Å². The first-order valence-corrected chi connectivity index (χ1v) is 12.4. The van der Waals surface area contributed by atoms with E-state index >= 15 is 0 Å². The normalized spacial score (nSPS) is 20.4. The third-order valence-corrected chi connectivity index (χ3v) is 9.12. The van der Waals surface area contributed by atoms with Gasteiger partial charge < -0.3 is 0 Å². The van der Waals surface area contributed by atoms with Gasteiger partial charge in [0.1, 0.15) is 10.6 Å². The van der Waals surface area contributed by atoms with Gasteiger partial charge in [-0.2, -0.15) is 13.2 Å². The van der Waals surface area contributed by atoms with Crippen molar-refractivity contribution in [1.29, 1.82) is 0 Å². The van der Waals surface area contributed by atoms with E-state index in [0.717, 1.165) is 24.6 Å². The third-order valence-electron chi connectivity index (χ3n) is 6.63. The van der Waals surface area contributed by atoms with Crippen molar-refractivity contribution in [1.82, 2.24) is 4.90 Å². The zero-order chi connectivity index (χ0) is 24.6. The molecule has 2 atom stereocenters. The van der Waals surface area contributed by atoms with Crippen molar-refractivity contribution in [3.05, 3.63) is 101 Å². The van der Waals surface area contributed by atoms with Crippen LogP contribution in [0.3, 0.4) is 0 Å². The van der Waals surface area contributed by atoms with Crippen LogP contribution in [0.5, 0.6) is 0 Å². The largest absolute Gasteiger partial charge is 0.395 e. The lowest BCUT2D eigenvalue weighted by atomic mass is 9.93. The van der Waals surface area contributed by atoms with Crippen molar-refractivity contribution in [2.45, 2.75) is 41.6 Å². The van der Waals surface area contributed by atoms with Gasteiger partial charge in [0, 0.05) is 19.6 Å². The fraction of sp³-hybridized carbons (Fsp3) is 0.308. The molecule has 1 heterocycles. The molecule has 34 heavy (non-hydrogen) atoms. The first-order chi connectivity index (χ1) is 16.0. The Morgan fingerprint density at radius 3 is 2.15 bits per heavy atom. The second-order valence-electron chi connectivity index (χ2n) is 8.78. The minimum absolute atomic E-state index is 0.0109. The first-order valence-electron chi connectivity index (χ1n) is 11.0. The predicted octanol–water partition coefficient (Wildman–Crippen LogP) is 6.07. The van der Waals surface area contributed by atoms with E-state index in [0.29, 0.717) is 18.7 Å². The van der Waals surface area contributed by atoms with Crippen molar-refractivity contribution in [2.75, 3.05) is 13.1 Å². The van der Waals surface area contributed by atoms with Crippen LogP contribution in [0.15, 0.2) is 83.8 Å². The Balaban J connectivity index is 1.74. The minimum atomic E-state index is -4.39. The highest BCUT2D eigenvalue weighted by molar-refractivity contribution is 7.92. The van der Waals surface area contributed by atoms with Crippen LogP contribution < -0.4 is 0 Å². The number of sulfone groups is 1. The van der Waals surface area contributed by atoms with Crippen LogP contribution in [0.1, 0.15) is 36.0 Å². The molecule has 8 heteroatoms. The van der Waals surface area contributed by atoms with E-state index in [9.17, 15) is 26.0 Å². The molecule has 1 saturated heterocycles. The van der Waals surface area contributed by atoms with Gasteiger partial charge in [0.2, 0.25) is 0 Å². The van der Waals surface area contributed by atoms with Crippen LogP contribution in [-0.4, -0.2) is 32.6 Å². The fourth-order valence-electron chi connectivity index (χ4n) is 4.55. The summed E-state index contributed by atoms with van der Waals surface area (Å²) in [6.45, 7) is 2.30. The van der Waals surface area contributed by atoms with E-state index in [4.69, 9.17) is 0 Å². The van der Waals surface area contributed by atoms with Crippen LogP contribution in [0.4, 0.5) is 17.6 Å². The van der Waals surface area contributed by atoms with Gasteiger partial charge in [-0.3, -0.25) is 4.90 Å². The Morgan fingerprint density at radius 1 is 0.941 bits per heavy atom. The standard InChI is InChI=1S/C26H25F4NO2S/c1-19(26(28,29)30)21-7-9-22(10-8-21)25(34(32,33)24-13-11-23(27)12-14-24)15-16-31(18-25)17-20-5-3-2-4-6-20/h2-14,19H,15-18H2,1H3. The van der Waals surface area contributed by atoms with E-state index < -0.39 is 32.5 Å². The molecule has 0 aliphatic carbocycles. The molecule has 0 radical (unpaired) electrons. The molecule has 180 valence electrons. The summed E-state index contributed by atoms with van der Waals surface area (Å²) in [6.07, 6.45) is -4.12. The van der Waals surface area contributed by atoms with Crippen LogP contribution in [0.25, 0.3) is 0 Å². The Morgan fingerprint density at radius 2 is 1.56 bits per heavy atom. The zero-order valence-electron chi connectivity index (χ0n) is 18.6. The smallest absolute Gasteiger partial charge is 0.297 e. The lowest BCUT2D eigenvalue weighted by Crippen LogP contribution is -2.39. The van der Waals surface area contributed by atoms with Gasteiger partial charge in [0.15, 0.2) is 9.84 Å². The second-order valence-corrected chi connectivity index (χ2v) is 11.0. The van der Waals surface area contributed by atoms with Crippen molar-refractivity contribution in [3.8, 4) is 0 Å². The molecule has 1 aliphatic heterocycles. The molecule has 3 nitrogen and oxygen atoms in total. The van der Waals surface area contributed by atoms with Crippen LogP contribution in [-0.2, 0) is 21.1 Å². The fourth-order valence-corrected chi connectivity index (χ4v) is 6.65. The van der Waals surface area contributed by atoms with Crippen LogP contribution in [0, 0.1) is 5.82 Å². The maximum absolute atomic E-state index is 13.9. The lowest BCUT2D eigenvalue weighted by Gasteiger charge is -2.30.